The minimum absolute atomic E-state index is 0.0554. The Labute approximate surface area is 360 Å². The normalized spacial score (nSPS) is 13.5. The van der Waals surface area contributed by atoms with Gasteiger partial charge in [-0.25, -0.2) is 0 Å². The summed E-state index contributed by atoms with van der Waals surface area (Å²) in [5.41, 5.74) is 0. The Balaban J connectivity index is 4.55. The molecule has 0 spiro atoms. The van der Waals surface area contributed by atoms with Crippen molar-refractivity contribution >= 4 is 11.9 Å². The molecule has 3 atom stereocenters. The highest BCUT2D eigenvalue weighted by atomic mass is 16.5. The summed E-state index contributed by atoms with van der Waals surface area (Å²) in [5, 5.41) is 23.7. The Morgan fingerprint density at radius 3 is 1.40 bits per heavy atom. The van der Waals surface area contributed by atoms with Gasteiger partial charge in [0.25, 0.3) is 0 Å². The molecule has 0 aliphatic heterocycles. The number of esters is 1. The smallest absolute Gasteiger partial charge is 0.306 e. The molecule has 3 unspecified atom stereocenters. The van der Waals surface area contributed by atoms with E-state index in [-0.39, 0.29) is 24.9 Å². The molecule has 0 aromatic carbocycles. The predicted octanol–water partition coefficient (Wildman–Crippen LogP) is 14.9. The number of allylic oxidation sites excluding steroid dienone is 6. The van der Waals surface area contributed by atoms with E-state index < -0.39 is 18.2 Å². The first kappa shape index (κ1) is 56.1. The van der Waals surface area contributed by atoms with Crippen molar-refractivity contribution < 1.29 is 24.5 Å². The van der Waals surface area contributed by atoms with Crippen molar-refractivity contribution in [2.24, 2.45) is 0 Å². The summed E-state index contributed by atoms with van der Waals surface area (Å²) in [7, 11) is 0. The number of nitrogens with one attached hydrogen (secondary N) is 1. The van der Waals surface area contributed by atoms with Gasteiger partial charge in [-0.05, 0) is 77.0 Å². The van der Waals surface area contributed by atoms with Crippen molar-refractivity contribution in [3.8, 4) is 0 Å². The molecule has 0 aromatic rings. The number of hydrogen-bond donors (Lipinski definition) is 3. The number of aliphatic hydroxyl groups is 2. The van der Waals surface area contributed by atoms with Crippen molar-refractivity contribution in [2.75, 3.05) is 6.61 Å². The van der Waals surface area contributed by atoms with Gasteiger partial charge >= 0.3 is 5.97 Å². The van der Waals surface area contributed by atoms with Gasteiger partial charge in [-0.1, -0.05) is 205 Å². The van der Waals surface area contributed by atoms with Crippen LogP contribution in [-0.4, -0.2) is 46.9 Å². The van der Waals surface area contributed by atoms with Crippen molar-refractivity contribution in [3.63, 3.8) is 0 Å². The van der Waals surface area contributed by atoms with Crippen LogP contribution in [0, 0.1) is 0 Å². The van der Waals surface area contributed by atoms with Crippen LogP contribution >= 0.6 is 0 Å². The summed E-state index contributed by atoms with van der Waals surface area (Å²) in [6.07, 6.45) is 53.5. The molecular weight excluding hydrogens is 719 g/mol. The zero-order valence-electron chi connectivity index (χ0n) is 38.7. The third-order valence-corrected chi connectivity index (χ3v) is 11.4. The van der Waals surface area contributed by atoms with E-state index in [1.165, 1.54) is 141 Å². The Morgan fingerprint density at radius 2 is 0.897 bits per heavy atom. The number of carbonyl (C=O) groups is 2. The molecule has 0 bridgehead atoms. The average molecular weight is 816 g/mol. The largest absolute Gasteiger partial charge is 0.462 e. The maximum Gasteiger partial charge on any atom is 0.306 e. The van der Waals surface area contributed by atoms with Gasteiger partial charge in [-0.2, -0.15) is 0 Å². The molecule has 0 rings (SSSR count). The zero-order valence-corrected chi connectivity index (χ0v) is 38.7. The lowest BCUT2D eigenvalue weighted by atomic mass is 10.0. The number of unbranched alkanes of at least 4 members (excludes halogenated alkanes) is 27. The lowest BCUT2D eigenvalue weighted by molar-refractivity contribution is -0.151. The maximum atomic E-state index is 13.2. The van der Waals surface area contributed by atoms with E-state index in [0.29, 0.717) is 19.3 Å². The highest BCUT2D eigenvalue weighted by molar-refractivity contribution is 5.77. The van der Waals surface area contributed by atoms with Gasteiger partial charge in [0, 0.05) is 6.42 Å². The molecule has 6 nitrogen and oxygen atoms in total. The Bertz CT molecular complexity index is 961. The van der Waals surface area contributed by atoms with Crippen LogP contribution in [0.3, 0.4) is 0 Å². The highest BCUT2D eigenvalue weighted by Gasteiger charge is 2.24. The summed E-state index contributed by atoms with van der Waals surface area (Å²) < 4.78 is 5.90. The van der Waals surface area contributed by atoms with Crippen LogP contribution in [0.4, 0.5) is 0 Å². The molecule has 58 heavy (non-hydrogen) atoms. The average Bonchev–Trinajstić information content (AvgIpc) is 3.22. The summed E-state index contributed by atoms with van der Waals surface area (Å²) in [5.74, 6) is -0.507. The summed E-state index contributed by atoms with van der Waals surface area (Å²) in [6.45, 7) is 6.43. The van der Waals surface area contributed by atoms with Gasteiger partial charge in [0.1, 0.15) is 6.10 Å². The van der Waals surface area contributed by atoms with Crippen LogP contribution in [0.25, 0.3) is 0 Å². The minimum Gasteiger partial charge on any atom is -0.462 e. The van der Waals surface area contributed by atoms with Crippen LogP contribution < -0.4 is 5.32 Å². The lowest BCUT2D eigenvalue weighted by Crippen LogP contribution is -2.46. The number of carbonyl (C=O) groups excluding carboxylic acids is 2. The monoisotopic (exact) mass is 816 g/mol. The second kappa shape index (κ2) is 46.2. The molecule has 6 heteroatoms. The number of rotatable bonds is 45. The van der Waals surface area contributed by atoms with E-state index in [9.17, 15) is 19.8 Å². The summed E-state index contributed by atoms with van der Waals surface area (Å²) in [4.78, 5) is 26.1. The van der Waals surface area contributed by atoms with E-state index in [4.69, 9.17) is 4.74 Å². The fourth-order valence-electron chi connectivity index (χ4n) is 7.58. The second-order valence-corrected chi connectivity index (χ2v) is 17.2. The van der Waals surface area contributed by atoms with E-state index in [1.807, 2.05) is 0 Å². The highest BCUT2D eigenvalue weighted by Crippen LogP contribution is 2.17. The van der Waals surface area contributed by atoms with Crippen LogP contribution in [0.2, 0.25) is 0 Å². The predicted molar refractivity (Wildman–Crippen MR) is 250 cm³/mol. The number of amides is 1. The topological polar surface area (TPSA) is 95.9 Å². The van der Waals surface area contributed by atoms with Gasteiger partial charge in [0.05, 0.1) is 25.2 Å². The van der Waals surface area contributed by atoms with Crippen molar-refractivity contribution in [1.82, 2.24) is 5.32 Å². The van der Waals surface area contributed by atoms with E-state index in [2.05, 4.69) is 62.5 Å². The fraction of sp³-hybridized carbons (Fsp3) is 0.846. The van der Waals surface area contributed by atoms with Gasteiger partial charge in [-0.15, -0.1) is 0 Å². The molecular formula is C52H97NO5. The zero-order chi connectivity index (χ0) is 42.4. The molecule has 0 saturated carbocycles. The van der Waals surface area contributed by atoms with Crippen LogP contribution in [0.1, 0.15) is 258 Å². The molecule has 3 N–H and O–H groups in total. The Kier molecular flexibility index (Phi) is 44.6. The first-order valence-electron chi connectivity index (χ1n) is 25.2. The standard InChI is InChI=1S/C52H97NO5/c1-4-7-10-13-16-19-22-23-24-25-26-27-30-33-36-39-42-45-52(57)58-48(43-40-37-34-31-28-20-17-14-11-8-5-2)46-51(56)53-49(47-54)50(55)44-41-38-35-32-29-21-18-15-12-9-6-3/h16,19,23-24,31,34,48-50,54-55H,4-15,17-18,20-22,25-30,32-33,35-47H2,1-3H3,(H,53,56)/b19-16-,24-23-,34-31-. The molecule has 0 radical (unpaired) electrons. The maximum absolute atomic E-state index is 13.2. The first-order valence-corrected chi connectivity index (χ1v) is 25.2. The van der Waals surface area contributed by atoms with Gasteiger partial charge in [0.2, 0.25) is 5.91 Å². The van der Waals surface area contributed by atoms with Crippen molar-refractivity contribution in [2.45, 2.75) is 277 Å². The van der Waals surface area contributed by atoms with E-state index >= 15 is 0 Å². The van der Waals surface area contributed by atoms with Crippen LogP contribution in [0.5, 0.6) is 0 Å². The lowest BCUT2D eigenvalue weighted by Gasteiger charge is -2.24. The number of ether oxygens (including phenoxy) is 1. The van der Waals surface area contributed by atoms with E-state index in [1.54, 1.807) is 0 Å². The third kappa shape index (κ3) is 40.8. The number of hydrogen-bond acceptors (Lipinski definition) is 5. The Morgan fingerprint density at radius 1 is 0.500 bits per heavy atom. The van der Waals surface area contributed by atoms with Gasteiger partial charge in [-0.3, -0.25) is 9.59 Å². The van der Waals surface area contributed by atoms with Gasteiger partial charge < -0.3 is 20.3 Å². The molecule has 0 saturated heterocycles. The van der Waals surface area contributed by atoms with Gasteiger partial charge in [0.15, 0.2) is 0 Å². The summed E-state index contributed by atoms with van der Waals surface area (Å²) in [6, 6.07) is -0.708. The quantitative estimate of drug-likeness (QED) is 0.0323. The Hall–Kier alpha value is -1.92. The van der Waals surface area contributed by atoms with Crippen molar-refractivity contribution in [3.05, 3.63) is 36.5 Å². The fourth-order valence-corrected chi connectivity index (χ4v) is 7.58. The minimum atomic E-state index is -0.792. The van der Waals surface area contributed by atoms with E-state index in [0.717, 1.165) is 70.6 Å². The molecule has 0 aromatic heterocycles. The molecule has 0 aliphatic rings. The third-order valence-electron chi connectivity index (χ3n) is 11.4. The number of aliphatic hydroxyl groups excluding tert-OH is 2. The van der Waals surface area contributed by atoms with Crippen LogP contribution in [-0.2, 0) is 14.3 Å². The van der Waals surface area contributed by atoms with Crippen LogP contribution in [0.15, 0.2) is 36.5 Å². The molecule has 1 amide bonds. The van der Waals surface area contributed by atoms with Crippen molar-refractivity contribution in [1.29, 1.82) is 0 Å². The second-order valence-electron chi connectivity index (χ2n) is 17.2. The molecule has 0 heterocycles. The molecule has 340 valence electrons. The first-order chi connectivity index (χ1) is 28.5. The summed E-state index contributed by atoms with van der Waals surface area (Å²) >= 11 is 0. The molecule has 0 aliphatic carbocycles. The molecule has 0 fully saturated rings. The SMILES string of the molecule is CCCCC/C=C\C/C=C\CCCCCCCCCC(=O)OC(CCC/C=C\CCCCCCCC)CC(=O)NC(CO)C(O)CCCCCCCCCCCCC.